The SMILES string of the molecule is CCCC(=O)Nc1cncc(-c2ccc3[nH]nc(-c4cc5c(-c6cc(F)cc(NCCN(C)C)c6)nccc5[nH]4)c3n2)c1. The Morgan fingerprint density at radius 1 is 0.977 bits per heavy atom. The molecule has 6 rings (SSSR count). The van der Waals surface area contributed by atoms with E-state index in [1.807, 2.05) is 57.4 Å². The number of rotatable bonds is 10. The summed E-state index contributed by atoms with van der Waals surface area (Å²) in [5, 5.41) is 14.7. The molecule has 218 valence electrons. The van der Waals surface area contributed by atoms with Crippen LogP contribution >= 0.6 is 0 Å². The molecule has 43 heavy (non-hydrogen) atoms. The van der Waals surface area contributed by atoms with Crippen LogP contribution in [0.4, 0.5) is 15.8 Å². The van der Waals surface area contributed by atoms with Crippen LogP contribution in [0.15, 0.2) is 67.1 Å². The number of anilines is 2. The predicted molar refractivity (Wildman–Crippen MR) is 168 cm³/mol. The minimum absolute atomic E-state index is 0.0512. The summed E-state index contributed by atoms with van der Waals surface area (Å²) in [6.07, 6.45) is 6.26. The Balaban J connectivity index is 1.35. The first kappa shape index (κ1) is 28.0. The van der Waals surface area contributed by atoms with Crippen molar-refractivity contribution in [3.05, 3.63) is 72.9 Å². The van der Waals surface area contributed by atoms with E-state index in [9.17, 15) is 9.18 Å². The number of hydrogen-bond donors (Lipinski definition) is 4. The van der Waals surface area contributed by atoms with Gasteiger partial charge in [-0.15, -0.1) is 0 Å². The standard InChI is InChI=1S/C32H32FN9O/c1-4-5-29(43)37-23-14-20(17-34-18-23)25-6-7-27-31(39-25)32(41-40-27)28-16-24-26(38-28)8-9-36-30(24)19-12-21(33)15-22(13-19)35-10-11-42(2)3/h6-9,12-18,35,38H,4-5,10-11H2,1-3H3,(H,37,43)(H,40,41). The number of pyridine rings is 3. The van der Waals surface area contributed by atoms with Crippen molar-refractivity contribution in [3.63, 3.8) is 0 Å². The number of halogens is 1. The lowest BCUT2D eigenvalue weighted by Crippen LogP contribution is -2.20. The summed E-state index contributed by atoms with van der Waals surface area (Å²) in [4.78, 5) is 31.4. The van der Waals surface area contributed by atoms with Gasteiger partial charge in [0.2, 0.25) is 5.91 Å². The maximum atomic E-state index is 14.7. The van der Waals surface area contributed by atoms with Crippen LogP contribution in [0.25, 0.3) is 55.8 Å². The van der Waals surface area contributed by atoms with Crippen molar-refractivity contribution in [1.29, 1.82) is 0 Å². The molecular weight excluding hydrogens is 545 g/mol. The highest BCUT2D eigenvalue weighted by molar-refractivity contribution is 5.99. The first-order valence-corrected chi connectivity index (χ1v) is 14.2. The number of aromatic nitrogens is 6. The zero-order valence-corrected chi connectivity index (χ0v) is 24.2. The van der Waals surface area contributed by atoms with E-state index in [0.717, 1.165) is 40.6 Å². The smallest absolute Gasteiger partial charge is 0.224 e. The zero-order valence-electron chi connectivity index (χ0n) is 24.2. The van der Waals surface area contributed by atoms with Crippen molar-refractivity contribution in [1.82, 2.24) is 35.0 Å². The topological polar surface area (TPSA) is 128 Å². The molecule has 0 aliphatic heterocycles. The van der Waals surface area contributed by atoms with Crippen LogP contribution in [0.2, 0.25) is 0 Å². The molecule has 0 atom stereocenters. The van der Waals surface area contributed by atoms with Crippen molar-refractivity contribution in [3.8, 4) is 33.9 Å². The molecule has 0 radical (unpaired) electrons. The zero-order chi connectivity index (χ0) is 29.9. The van der Waals surface area contributed by atoms with Crippen LogP contribution in [-0.4, -0.2) is 68.1 Å². The van der Waals surface area contributed by atoms with Gasteiger partial charge in [0.1, 0.15) is 17.0 Å². The van der Waals surface area contributed by atoms with Gasteiger partial charge in [0.15, 0.2) is 0 Å². The molecule has 0 unspecified atom stereocenters. The summed E-state index contributed by atoms with van der Waals surface area (Å²) in [5.74, 6) is -0.386. The van der Waals surface area contributed by atoms with Crippen LogP contribution in [0.1, 0.15) is 19.8 Å². The number of H-pyrrole nitrogens is 2. The van der Waals surface area contributed by atoms with Crippen LogP contribution in [0, 0.1) is 5.82 Å². The highest BCUT2D eigenvalue weighted by atomic mass is 19.1. The van der Waals surface area contributed by atoms with Gasteiger partial charge in [-0.3, -0.25) is 19.9 Å². The summed E-state index contributed by atoms with van der Waals surface area (Å²) in [6, 6.07) is 14.4. The largest absolute Gasteiger partial charge is 0.384 e. The molecule has 0 saturated heterocycles. The Labute approximate surface area is 247 Å². The Bertz CT molecular complexity index is 1930. The third-order valence-corrected chi connectivity index (χ3v) is 7.07. The lowest BCUT2D eigenvalue weighted by atomic mass is 10.1. The first-order chi connectivity index (χ1) is 20.9. The van der Waals surface area contributed by atoms with Crippen molar-refractivity contribution in [2.75, 3.05) is 37.8 Å². The van der Waals surface area contributed by atoms with E-state index in [-0.39, 0.29) is 11.7 Å². The molecule has 0 bridgehead atoms. The first-order valence-electron chi connectivity index (χ1n) is 14.2. The van der Waals surface area contributed by atoms with Crippen molar-refractivity contribution in [2.45, 2.75) is 19.8 Å². The summed E-state index contributed by atoms with van der Waals surface area (Å²) in [5.41, 5.74) is 7.81. The molecule has 0 aliphatic carbocycles. The van der Waals surface area contributed by atoms with E-state index in [1.54, 1.807) is 18.6 Å². The van der Waals surface area contributed by atoms with Crippen molar-refractivity contribution >= 4 is 39.2 Å². The number of aromatic amines is 2. The van der Waals surface area contributed by atoms with Gasteiger partial charge in [0.25, 0.3) is 0 Å². The molecule has 10 nitrogen and oxygen atoms in total. The highest BCUT2D eigenvalue weighted by Gasteiger charge is 2.17. The summed E-state index contributed by atoms with van der Waals surface area (Å²) >= 11 is 0. The van der Waals surface area contributed by atoms with Crippen LogP contribution in [-0.2, 0) is 4.79 Å². The molecule has 0 fully saturated rings. The number of fused-ring (bicyclic) bond motifs is 2. The Morgan fingerprint density at radius 2 is 1.84 bits per heavy atom. The third-order valence-electron chi connectivity index (χ3n) is 7.07. The molecule has 0 spiro atoms. The monoisotopic (exact) mass is 577 g/mol. The van der Waals surface area contributed by atoms with E-state index in [4.69, 9.17) is 4.98 Å². The molecule has 0 saturated carbocycles. The molecule has 4 N–H and O–H groups in total. The molecule has 5 heterocycles. The highest BCUT2D eigenvalue weighted by Crippen LogP contribution is 2.34. The number of likely N-dealkylation sites (N-methyl/N-ethyl adjacent to an activating group) is 1. The Morgan fingerprint density at radius 3 is 2.67 bits per heavy atom. The number of benzene rings is 1. The van der Waals surface area contributed by atoms with E-state index in [2.05, 4.69) is 40.7 Å². The fraction of sp³-hybridized carbons (Fsp3) is 0.219. The van der Waals surface area contributed by atoms with Gasteiger partial charge in [0, 0.05) is 59.6 Å². The third kappa shape index (κ3) is 6.07. The number of nitrogens with one attached hydrogen (secondary N) is 4. The van der Waals surface area contributed by atoms with Crippen LogP contribution < -0.4 is 10.6 Å². The van der Waals surface area contributed by atoms with Gasteiger partial charge in [-0.1, -0.05) is 6.92 Å². The summed E-state index contributed by atoms with van der Waals surface area (Å²) in [6.45, 7) is 3.48. The molecule has 6 aromatic rings. The van der Waals surface area contributed by atoms with Crippen LogP contribution in [0.5, 0.6) is 0 Å². The Hall–Kier alpha value is -5.16. The van der Waals surface area contributed by atoms with Gasteiger partial charge in [-0.05, 0) is 69.0 Å². The Kier molecular flexibility index (Phi) is 7.80. The van der Waals surface area contributed by atoms with Gasteiger partial charge in [-0.2, -0.15) is 5.10 Å². The summed E-state index contributed by atoms with van der Waals surface area (Å²) < 4.78 is 14.7. The fourth-order valence-electron chi connectivity index (χ4n) is 5.01. The average molecular weight is 578 g/mol. The van der Waals surface area contributed by atoms with Gasteiger partial charge in [-0.25, -0.2) is 9.37 Å². The lowest BCUT2D eigenvalue weighted by molar-refractivity contribution is -0.116. The number of hydrogen-bond acceptors (Lipinski definition) is 7. The minimum Gasteiger partial charge on any atom is -0.384 e. The van der Waals surface area contributed by atoms with Gasteiger partial charge >= 0.3 is 0 Å². The van der Waals surface area contributed by atoms with E-state index >= 15 is 0 Å². The van der Waals surface area contributed by atoms with E-state index in [1.165, 1.54) is 12.1 Å². The number of amides is 1. The molecule has 5 aromatic heterocycles. The lowest BCUT2D eigenvalue weighted by Gasteiger charge is -2.12. The maximum absolute atomic E-state index is 14.7. The average Bonchev–Trinajstić information content (AvgIpc) is 3.60. The normalized spacial score (nSPS) is 11.5. The van der Waals surface area contributed by atoms with Crippen LogP contribution in [0.3, 0.4) is 0 Å². The second kappa shape index (κ2) is 12.0. The maximum Gasteiger partial charge on any atom is 0.224 e. The number of carbonyl (C=O) groups excluding carboxylic acids is 1. The van der Waals surface area contributed by atoms with E-state index in [0.29, 0.717) is 52.5 Å². The minimum atomic E-state index is -0.335. The number of nitrogens with zero attached hydrogens (tertiary/aromatic N) is 5. The molecule has 1 aromatic carbocycles. The van der Waals surface area contributed by atoms with Crippen molar-refractivity contribution < 1.29 is 9.18 Å². The molecule has 11 heteroatoms. The van der Waals surface area contributed by atoms with Crippen molar-refractivity contribution in [2.24, 2.45) is 0 Å². The summed E-state index contributed by atoms with van der Waals surface area (Å²) in [7, 11) is 3.99. The predicted octanol–water partition coefficient (Wildman–Crippen LogP) is 6.08. The number of carbonyl (C=O) groups is 1. The van der Waals surface area contributed by atoms with Gasteiger partial charge in [0.05, 0.1) is 34.5 Å². The second-order valence-electron chi connectivity index (χ2n) is 10.7. The molecular formula is C32H32FN9O. The van der Waals surface area contributed by atoms with Gasteiger partial charge < -0.3 is 20.5 Å². The molecule has 0 aliphatic rings. The van der Waals surface area contributed by atoms with E-state index < -0.39 is 0 Å². The second-order valence-corrected chi connectivity index (χ2v) is 10.7. The molecule has 1 amide bonds. The quantitative estimate of drug-likeness (QED) is 0.155. The fourth-order valence-corrected chi connectivity index (χ4v) is 5.01.